The highest BCUT2D eigenvalue weighted by Gasteiger charge is 2.19. The Morgan fingerprint density at radius 1 is 1.37 bits per heavy atom. The van der Waals surface area contributed by atoms with Crippen LogP contribution < -0.4 is 11.1 Å². The van der Waals surface area contributed by atoms with Crippen LogP contribution in [-0.4, -0.2) is 17.2 Å². The van der Waals surface area contributed by atoms with Gasteiger partial charge in [0.1, 0.15) is 11.6 Å². The Balaban J connectivity index is 2.65. The number of nitrogens with one attached hydrogen (secondary N) is 1. The summed E-state index contributed by atoms with van der Waals surface area (Å²) in [6.07, 6.45) is 0.772. The van der Waals surface area contributed by atoms with Crippen molar-refractivity contribution >= 4 is 23.4 Å². The lowest BCUT2D eigenvalue weighted by atomic mass is 10.0. The molecule has 0 saturated carbocycles. The summed E-state index contributed by atoms with van der Waals surface area (Å²) in [6.45, 7) is 5.73. The van der Waals surface area contributed by atoms with Crippen LogP contribution in [0.4, 0.5) is 14.5 Å². The second-order valence-corrected chi connectivity index (χ2v) is 5.87. The minimum Gasteiger partial charge on any atom is -0.399 e. The second-order valence-electron chi connectivity index (χ2n) is 4.89. The van der Waals surface area contributed by atoms with Crippen molar-refractivity contribution in [3.63, 3.8) is 0 Å². The molecule has 3 nitrogen and oxygen atoms in total. The molecule has 0 aromatic heterocycles. The lowest BCUT2D eigenvalue weighted by molar-refractivity contribution is -0.120. The van der Waals surface area contributed by atoms with Crippen LogP contribution in [0.2, 0.25) is 0 Å². The van der Waals surface area contributed by atoms with E-state index in [4.69, 9.17) is 5.73 Å². The molecule has 1 rings (SSSR count). The molecule has 0 heterocycles. The summed E-state index contributed by atoms with van der Waals surface area (Å²) < 4.78 is 27.0. The summed E-state index contributed by atoms with van der Waals surface area (Å²) in [6, 6.07) is 2.08. The number of amides is 1. The van der Waals surface area contributed by atoms with E-state index in [1.54, 1.807) is 0 Å². The number of nitrogen functional groups attached to an aromatic ring is 1. The third-order valence-corrected chi connectivity index (χ3v) is 3.82. The molecule has 0 aliphatic heterocycles. The first-order valence-electron chi connectivity index (χ1n) is 5.93. The maximum atomic E-state index is 13.5. The van der Waals surface area contributed by atoms with Gasteiger partial charge in [0.15, 0.2) is 0 Å². The van der Waals surface area contributed by atoms with E-state index in [1.807, 2.05) is 20.8 Å². The average Bonchev–Trinajstić information content (AvgIpc) is 2.26. The SMILES string of the molecule is CCC(C)(C)NC(=O)CSc1c(F)cc(N)cc1F. The van der Waals surface area contributed by atoms with Gasteiger partial charge in [-0.25, -0.2) is 8.78 Å². The molecular weight excluding hydrogens is 270 g/mol. The molecule has 0 fully saturated rings. The molecule has 19 heavy (non-hydrogen) atoms. The Hall–Kier alpha value is -1.30. The molecule has 0 spiro atoms. The van der Waals surface area contributed by atoms with E-state index in [0.717, 1.165) is 30.3 Å². The Kier molecular flexibility index (Phi) is 5.17. The van der Waals surface area contributed by atoms with Crippen molar-refractivity contribution in [2.75, 3.05) is 11.5 Å². The number of halogens is 2. The molecule has 3 N–H and O–H groups in total. The zero-order chi connectivity index (χ0) is 14.6. The predicted octanol–water partition coefficient (Wildman–Crippen LogP) is 2.94. The van der Waals surface area contributed by atoms with Crippen molar-refractivity contribution in [3.8, 4) is 0 Å². The lowest BCUT2D eigenvalue weighted by Gasteiger charge is -2.24. The average molecular weight is 288 g/mol. The van der Waals surface area contributed by atoms with Gasteiger partial charge in [0.05, 0.1) is 10.6 Å². The van der Waals surface area contributed by atoms with Crippen LogP contribution in [0.1, 0.15) is 27.2 Å². The fraction of sp³-hybridized carbons (Fsp3) is 0.462. The highest BCUT2D eigenvalue weighted by Crippen LogP contribution is 2.27. The van der Waals surface area contributed by atoms with Crippen LogP contribution in [-0.2, 0) is 4.79 Å². The molecule has 0 radical (unpaired) electrons. The Labute approximate surface area is 115 Å². The Morgan fingerprint density at radius 3 is 2.37 bits per heavy atom. The van der Waals surface area contributed by atoms with Crippen molar-refractivity contribution < 1.29 is 13.6 Å². The van der Waals surface area contributed by atoms with Crippen molar-refractivity contribution in [3.05, 3.63) is 23.8 Å². The van der Waals surface area contributed by atoms with E-state index >= 15 is 0 Å². The van der Waals surface area contributed by atoms with Crippen LogP contribution in [0.15, 0.2) is 17.0 Å². The number of hydrogen-bond donors (Lipinski definition) is 2. The van der Waals surface area contributed by atoms with Gasteiger partial charge in [-0.2, -0.15) is 0 Å². The largest absolute Gasteiger partial charge is 0.399 e. The van der Waals surface area contributed by atoms with Gasteiger partial charge in [0, 0.05) is 11.2 Å². The fourth-order valence-electron chi connectivity index (χ4n) is 1.36. The first-order valence-corrected chi connectivity index (χ1v) is 6.92. The third kappa shape index (κ3) is 4.70. The molecule has 6 heteroatoms. The predicted molar refractivity (Wildman–Crippen MR) is 74.0 cm³/mol. The molecule has 0 aliphatic rings. The zero-order valence-electron chi connectivity index (χ0n) is 11.2. The zero-order valence-corrected chi connectivity index (χ0v) is 12.0. The van der Waals surface area contributed by atoms with E-state index in [9.17, 15) is 13.6 Å². The minimum absolute atomic E-state index is 0.0240. The second kappa shape index (κ2) is 6.23. The monoisotopic (exact) mass is 288 g/mol. The number of thioether (sulfide) groups is 1. The standard InChI is InChI=1S/C13H18F2N2OS/c1-4-13(2,3)17-11(18)7-19-12-9(14)5-8(16)6-10(12)15/h5-6H,4,7,16H2,1-3H3,(H,17,18). The highest BCUT2D eigenvalue weighted by molar-refractivity contribution is 8.00. The van der Waals surface area contributed by atoms with Crippen molar-refractivity contribution in [2.45, 2.75) is 37.6 Å². The van der Waals surface area contributed by atoms with Crippen molar-refractivity contribution in [1.82, 2.24) is 5.32 Å². The molecule has 0 saturated heterocycles. The van der Waals surface area contributed by atoms with Gasteiger partial charge in [0.2, 0.25) is 5.91 Å². The van der Waals surface area contributed by atoms with Crippen LogP contribution in [0.5, 0.6) is 0 Å². The summed E-state index contributed by atoms with van der Waals surface area (Å²) in [5.41, 5.74) is 5.02. The van der Waals surface area contributed by atoms with Crippen molar-refractivity contribution in [2.24, 2.45) is 0 Å². The number of hydrogen-bond acceptors (Lipinski definition) is 3. The topological polar surface area (TPSA) is 55.1 Å². The smallest absolute Gasteiger partial charge is 0.230 e. The van der Waals surface area contributed by atoms with Crippen LogP contribution in [0.3, 0.4) is 0 Å². The first-order chi connectivity index (χ1) is 8.75. The van der Waals surface area contributed by atoms with Gasteiger partial charge in [-0.1, -0.05) is 6.92 Å². The Morgan fingerprint density at radius 2 is 1.89 bits per heavy atom. The summed E-state index contributed by atoms with van der Waals surface area (Å²) in [5, 5.41) is 2.80. The lowest BCUT2D eigenvalue weighted by Crippen LogP contribution is -2.43. The normalized spacial score (nSPS) is 11.4. The first kappa shape index (κ1) is 15.8. The number of carbonyl (C=O) groups excluding carboxylic acids is 1. The van der Waals surface area contributed by atoms with E-state index in [-0.39, 0.29) is 27.8 Å². The van der Waals surface area contributed by atoms with Gasteiger partial charge in [0.25, 0.3) is 0 Å². The van der Waals surface area contributed by atoms with E-state index in [1.165, 1.54) is 0 Å². The maximum Gasteiger partial charge on any atom is 0.230 e. The van der Waals surface area contributed by atoms with E-state index in [0.29, 0.717) is 0 Å². The Bertz CT molecular complexity index is 455. The van der Waals surface area contributed by atoms with Gasteiger partial charge in [-0.05, 0) is 32.4 Å². The molecule has 106 valence electrons. The van der Waals surface area contributed by atoms with Crippen LogP contribution >= 0.6 is 11.8 Å². The molecule has 0 atom stereocenters. The van der Waals surface area contributed by atoms with Gasteiger partial charge in [-0.15, -0.1) is 11.8 Å². The number of carbonyl (C=O) groups is 1. The highest BCUT2D eigenvalue weighted by atomic mass is 32.2. The minimum atomic E-state index is -0.745. The molecule has 0 unspecified atom stereocenters. The van der Waals surface area contributed by atoms with E-state index in [2.05, 4.69) is 5.32 Å². The summed E-state index contributed by atoms with van der Waals surface area (Å²) >= 11 is 0.824. The fourth-order valence-corrected chi connectivity index (χ4v) is 2.10. The molecule has 1 aromatic rings. The molecule has 1 amide bonds. The van der Waals surface area contributed by atoms with Crippen molar-refractivity contribution in [1.29, 1.82) is 0 Å². The number of rotatable bonds is 5. The summed E-state index contributed by atoms with van der Waals surface area (Å²) in [5.74, 6) is -1.79. The quantitative estimate of drug-likeness (QED) is 0.647. The van der Waals surface area contributed by atoms with Crippen LogP contribution in [0.25, 0.3) is 0 Å². The molecule has 0 aliphatic carbocycles. The summed E-state index contributed by atoms with van der Waals surface area (Å²) in [7, 11) is 0. The molecular formula is C13H18F2N2OS. The number of anilines is 1. The molecule has 0 bridgehead atoms. The van der Waals surface area contributed by atoms with Gasteiger partial charge < -0.3 is 11.1 Å². The molecule has 1 aromatic carbocycles. The maximum absolute atomic E-state index is 13.5. The van der Waals surface area contributed by atoms with Gasteiger partial charge in [-0.3, -0.25) is 4.79 Å². The number of benzene rings is 1. The third-order valence-electron chi connectivity index (χ3n) is 2.73. The number of nitrogens with two attached hydrogens (primary N) is 1. The van der Waals surface area contributed by atoms with E-state index < -0.39 is 11.6 Å². The van der Waals surface area contributed by atoms with Crippen LogP contribution in [0, 0.1) is 11.6 Å². The van der Waals surface area contributed by atoms with Gasteiger partial charge >= 0.3 is 0 Å². The summed E-state index contributed by atoms with van der Waals surface area (Å²) in [4.78, 5) is 11.5.